The van der Waals surface area contributed by atoms with Crippen LogP contribution in [0.5, 0.6) is 0 Å². The smallest absolute Gasteiger partial charge is 0.340 e. The van der Waals surface area contributed by atoms with Crippen molar-refractivity contribution < 1.29 is 9.53 Å². The molecule has 3 nitrogen and oxygen atoms in total. The van der Waals surface area contributed by atoms with Gasteiger partial charge in [0.1, 0.15) is 0 Å². The topological polar surface area (TPSA) is 38.3 Å². The molecule has 0 saturated heterocycles. The van der Waals surface area contributed by atoms with Gasteiger partial charge in [-0.05, 0) is 26.0 Å². The number of benzene rings is 1. The molecule has 0 aliphatic carbocycles. The number of hydrogen-bond acceptors (Lipinski definition) is 3. The Balaban J connectivity index is 2.88. The van der Waals surface area contributed by atoms with Crippen molar-refractivity contribution in [1.29, 1.82) is 0 Å². The Morgan fingerprint density at radius 1 is 1.36 bits per heavy atom. The fourth-order valence-electron chi connectivity index (χ4n) is 1.16. The van der Waals surface area contributed by atoms with E-state index in [1.165, 1.54) is 0 Å². The van der Waals surface area contributed by atoms with E-state index >= 15 is 0 Å². The highest BCUT2D eigenvalue weighted by atomic mass is 16.5. The van der Waals surface area contributed by atoms with E-state index in [0.29, 0.717) is 5.56 Å². The number of hydrogen-bond donors (Lipinski definition) is 1. The molecule has 0 saturated carbocycles. The molecule has 76 valence electrons. The Morgan fingerprint density at radius 2 is 2.00 bits per heavy atom. The minimum atomic E-state index is -0.287. The third kappa shape index (κ3) is 2.49. The van der Waals surface area contributed by atoms with Crippen molar-refractivity contribution in [1.82, 2.24) is 0 Å². The maximum atomic E-state index is 11.6. The van der Waals surface area contributed by atoms with Crippen molar-refractivity contribution in [2.24, 2.45) is 0 Å². The molecule has 0 bridgehead atoms. The first-order chi connectivity index (χ1) is 6.65. The molecular formula is C11H15NO2. The SMILES string of the molecule is CNc1ccccc1C(=O)OC(C)C. The van der Waals surface area contributed by atoms with Crippen LogP contribution in [0, 0.1) is 0 Å². The number of ether oxygens (including phenoxy) is 1. The Hall–Kier alpha value is -1.51. The number of esters is 1. The summed E-state index contributed by atoms with van der Waals surface area (Å²) in [4.78, 5) is 11.6. The van der Waals surface area contributed by atoms with Gasteiger partial charge >= 0.3 is 5.97 Å². The maximum absolute atomic E-state index is 11.6. The van der Waals surface area contributed by atoms with E-state index in [2.05, 4.69) is 5.32 Å². The van der Waals surface area contributed by atoms with Crippen molar-refractivity contribution in [3.05, 3.63) is 29.8 Å². The second kappa shape index (κ2) is 4.65. The van der Waals surface area contributed by atoms with E-state index in [1.807, 2.05) is 32.0 Å². The highest BCUT2D eigenvalue weighted by Gasteiger charge is 2.12. The van der Waals surface area contributed by atoms with Gasteiger partial charge in [-0.3, -0.25) is 0 Å². The summed E-state index contributed by atoms with van der Waals surface area (Å²) < 4.78 is 5.10. The van der Waals surface area contributed by atoms with Crippen LogP contribution < -0.4 is 5.32 Å². The Kier molecular flexibility index (Phi) is 3.51. The van der Waals surface area contributed by atoms with E-state index in [0.717, 1.165) is 5.69 Å². The minimum Gasteiger partial charge on any atom is -0.459 e. The zero-order valence-electron chi connectivity index (χ0n) is 8.70. The molecule has 0 fully saturated rings. The lowest BCUT2D eigenvalue weighted by Crippen LogP contribution is -2.13. The third-order valence-corrected chi connectivity index (χ3v) is 1.76. The summed E-state index contributed by atoms with van der Waals surface area (Å²) in [6.07, 6.45) is -0.0904. The fraction of sp³-hybridized carbons (Fsp3) is 0.364. The van der Waals surface area contributed by atoms with Gasteiger partial charge in [-0.1, -0.05) is 12.1 Å². The number of para-hydroxylation sites is 1. The van der Waals surface area contributed by atoms with E-state index in [9.17, 15) is 4.79 Å². The van der Waals surface area contributed by atoms with Gasteiger partial charge < -0.3 is 10.1 Å². The quantitative estimate of drug-likeness (QED) is 0.748. The predicted octanol–water partition coefficient (Wildman–Crippen LogP) is 2.29. The molecule has 0 aliphatic rings. The van der Waals surface area contributed by atoms with Crippen molar-refractivity contribution in [2.45, 2.75) is 20.0 Å². The summed E-state index contributed by atoms with van der Waals surface area (Å²) in [5.74, 6) is -0.287. The van der Waals surface area contributed by atoms with Gasteiger partial charge in [0, 0.05) is 12.7 Å². The minimum absolute atomic E-state index is 0.0904. The molecule has 0 aliphatic heterocycles. The van der Waals surface area contributed by atoms with Crippen LogP contribution in [-0.2, 0) is 4.74 Å². The zero-order valence-corrected chi connectivity index (χ0v) is 8.70. The second-order valence-electron chi connectivity index (χ2n) is 3.25. The van der Waals surface area contributed by atoms with Crippen molar-refractivity contribution in [3.63, 3.8) is 0 Å². The molecule has 0 heterocycles. The number of carbonyl (C=O) groups is 1. The van der Waals surface area contributed by atoms with E-state index in [4.69, 9.17) is 4.74 Å². The molecule has 0 atom stereocenters. The monoisotopic (exact) mass is 193 g/mol. The highest BCUT2D eigenvalue weighted by Crippen LogP contribution is 2.15. The number of nitrogens with one attached hydrogen (secondary N) is 1. The second-order valence-corrected chi connectivity index (χ2v) is 3.25. The summed E-state index contributed by atoms with van der Waals surface area (Å²) in [6.45, 7) is 3.67. The number of anilines is 1. The van der Waals surface area contributed by atoms with Crippen molar-refractivity contribution >= 4 is 11.7 Å². The first-order valence-electron chi connectivity index (χ1n) is 4.63. The summed E-state index contributed by atoms with van der Waals surface area (Å²) in [5.41, 5.74) is 1.36. The Morgan fingerprint density at radius 3 is 2.57 bits per heavy atom. The highest BCUT2D eigenvalue weighted by molar-refractivity contribution is 5.95. The van der Waals surface area contributed by atoms with Gasteiger partial charge in [0.25, 0.3) is 0 Å². The summed E-state index contributed by atoms with van der Waals surface area (Å²) in [5, 5.41) is 2.95. The molecule has 1 aromatic carbocycles. The first kappa shape index (κ1) is 10.6. The average molecular weight is 193 g/mol. The van der Waals surface area contributed by atoms with E-state index in [-0.39, 0.29) is 12.1 Å². The maximum Gasteiger partial charge on any atom is 0.340 e. The molecule has 1 N–H and O–H groups in total. The molecule has 14 heavy (non-hydrogen) atoms. The van der Waals surface area contributed by atoms with Crippen LogP contribution in [0.4, 0.5) is 5.69 Å². The molecule has 0 amide bonds. The largest absolute Gasteiger partial charge is 0.459 e. The van der Waals surface area contributed by atoms with Crippen LogP contribution in [0.15, 0.2) is 24.3 Å². The molecule has 3 heteroatoms. The van der Waals surface area contributed by atoms with Crippen molar-refractivity contribution in [2.75, 3.05) is 12.4 Å². The molecule has 0 radical (unpaired) electrons. The van der Waals surface area contributed by atoms with E-state index < -0.39 is 0 Å². The normalized spacial score (nSPS) is 10.0. The van der Waals surface area contributed by atoms with E-state index in [1.54, 1.807) is 13.1 Å². The van der Waals surface area contributed by atoms with Crippen LogP contribution in [0.1, 0.15) is 24.2 Å². The van der Waals surface area contributed by atoms with Gasteiger partial charge in [0.15, 0.2) is 0 Å². The van der Waals surface area contributed by atoms with Crippen LogP contribution >= 0.6 is 0 Å². The molecular weight excluding hydrogens is 178 g/mol. The molecule has 0 spiro atoms. The summed E-state index contributed by atoms with van der Waals surface area (Å²) in [6, 6.07) is 7.28. The van der Waals surface area contributed by atoms with Gasteiger partial charge in [0.2, 0.25) is 0 Å². The predicted molar refractivity (Wildman–Crippen MR) is 56.5 cm³/mol. The Labute approximate surface area is 84.1 Å². The molecule has 0 unspecified atom stereocenters. The standard InChI is InChI=1S/C11H15NO2/c1-8(2)14-11(13)9-6-4-5-7-10(9)12-3/h4-8,12H,1-3H3. The summed E-state index contributed by atoms with van der Waals surface area (Å²) in [7, 11) is 1.78. The molecule has 0 aromatic heterocycles. The summed E-state index contributed by atoms with van der Waals surface area (Å²) >= 11 is 0. The van der Waals surface area contributed by atoms with Crippen LogP contribution in [0.3, 0.4) is 0 Å². The van der Waals surface area contributed by atoms with Gasteiger partial charge in [-0.15, -0.1) is 0 Å². The fourth-order valence-corrected chi connectivity index (χ4v) is 1.16. The molecule has 1 rings (SSSR count). The third-order valence-electron chi connectivity index (χ3n) is 1.76. The van der Waals surface area contributed by atoms with Crippen LogP contribution in [-0.4, -0.2) is 19.1 Å². The lowest BCUT2D eigenvalue weighted by atomic mass is 10.2. The van der Waals surface area contributed by atoms with Crippen molar-refractivity contribution in [3.8, 4) is 0 Å². The molecule has 1 aromatic rings. The first-order valence-corrected chi connectivity index (χ1v) is 4.63. The Bertz CT molecular complexity index is 321. The van der Waals surface area contributed by atoms with Crippen LogP contribution in [0.2, 0.25) is 0 Å². The van der Waals surface area contributed by atoms with Gasteiger partial charge in [-0.25, -0.2) is 4.79 Å². The zero-order chi connectivity index (χ0) is 10.6. The average Bonchev–Trinajstić information content (AvgIpc) is 2.16. The lowest BCUT2D eigenvalue weighted by Gasteiger charge is -2.10. The lowest BCUT2D eigenvalue weighted by molar-refractivity contribution is 0.0379. The van der Waals surface area contributed by atoms with Gasteiger partial charge in [-0.2, -0.15) is 0 Å². The number of carbonyl (C=O) groups excluding carboxylic acids is 1. The van der Waals surface area contributed by atoms with Crippen LogP contribution in [0.25, 0.3) is 0 Å². The van der Waals surface area contributed by atoms with Gasteiger partial charge in [0.05, 0.1) is 11.7 Å². The number of rotatable bonds is 3.